The van der Waals surface area contributed by atoms with E-state index in [0.717, 1.165) is 10.0 Å². The van der Waals surface area contributed by atoms with Crippen molar-refractivity contribution in [3.63, 3.8) is 0 Å². The first-order valence-electron chi connectivity index (χ1n) is 5.86. The van der Waals surface area contributed by atoms with Crippen molar-refractivity contribution in [2.45, 2.75) is 31.7 Å². The van der Waals surface area contributed by atoms with E-state index < -0.39 is 0 Å². The van der Waals surface area contributed by atoms with Crippen LogP contribution in [0.15, 0.2) is 22.7 Å². The standard InChI is InChI=1S/C13H14BrNO/c14-10-7-3-6-9-11(10)12(15-13(9)16)8-4-1-2-5-8/h3,6-8,12H,1-2,4-5H2,(H,15,16). The molecule has 1 aromatic rings. The first-order valence-corrected chi connectivity index (χ1v) is 6.66. The molecule has 1 aromatic carbocycles. The van der Waals surface area contributed by atoms with Crippen LogP contribution in [-0.4, -0.2) is 5.91 Å². The van der Waals surface area contributed by atoms with Gasteiger partial charge < -0.3 is 5.32 Å². The van der Waals surface area contributed by atoms with Crippen molar-refractivity contribution in [1.29, 1.82) is 0 Å². The van der Waals surface area contributed by atoms with Crippen LogP contribution in [0.4, 0.5) is 0 Å². The summed E-state index contributed by atoms with van der Waals surface area (Å²) in [5, 5.41) is 3.13. The Labute approximate surface area is 104 Å². The number of halogens is 1. The molecule has 1 saturated carbocycles. The van der Waals surface area contributed by atoms with Gasteiger partial charge in [-0.05, 0) is 30.9 Å². The Balaban J connectivity index is 2.03. The normalized spacial score (nSPS) is 24.6. The highest BCUT2D eigenvalue weighted by atomic mass is 79.9. The highest BCUT2D eigenvalue weighted by Crippen LogP contribution is 2.42. The summed E-state index contributed by atoms with van der Waals surface area (Å²) in [4.78, 5) is 11.9. The van der Waals surface area contributed by atoms with Crippen LogP contribution in [-0.2, 0) is 0 Å². The molecule has 2 aliphatic rings. The third-order valence-corrected chi connectivity index (χ3v) is 4.46. The Morgan fingerprint density at radius 3 is 2.75 bits per heavy atom. The molecule has 1 amide bonds. The predicted molar refractivity (Wildman–Crippen MR) is 66.3 cm³/mol. The molecule has 1 N–H and O–H groups in total. The first kappa shape index (κ1) is 10.3. The smallest absolute Gasteiger partial charge is 0.252 e. The molecule has 0 bridgehead atoms. The maximum Gasteiger partial charge on any atom is 0.252 e. The SMILES string of the molecule is O=C1NC(C2CCCC2)c2c(Br)cccc21. The summed E-state index contributed by atoms with van der Waals surface area (Å²) in [6.07, 6.45) is 5.09. The summed E-state index contributed by atoms with van der Waals surface area (Å²) >= 11 is 3.57. The van der Waals surface area contributed by atoms with Crippen LogP contribution in [0.3, 0.4) is 0 Å². The maximum atomic E-state index is 11.9. The van der Waals surface area contributed by atoms with Gasteiger partial charge in [0.2, 0.25) is 0 Å². The fourth-order valence-corrected chi connectivity index (χ4v) is 3.60. The Hall–Kier alpha value is -0.830. The molecule has 1 fully saturated rings. The van der Waals surface area contributed by atoms with Crippen molar-refractivity contribution in [2.24, 2.45) is 5.92 Å². The van der Waals surface area contributed by atoms with Crippen molar-refractivity contribution in [3.8, 4) is 0 Å². The number of amides is 1. The molecule has 1 aliphatic heterocycles. The van der Waals surface area contributed by atoms with E-state index in [9.17, 15) is 4.79 Å². The minimum atomic E-state index is 0.0909. The zero-order chi connectivity index (χ0) is 11.1. The molecule has 2 nitrogen and oxygen atoms in total. The molecular formula is C13H14BrNO. The molecule has 16 heavy (non-hydrogen) atoms. The molecule has 3 heteroatoms. The summed E-state index contributed by atoms with van der Waals surface area (Å²) in [6.45, 7) is 0. The molecule has 1 heterocycles. The fourth-order valence-electron chi connectivity index (χ4n) is 2.99. The van der Waals surface area contributed by atoms with E-state index in [1.807, 2.05) is 18.2 Å². The average Bonchev–Trinajstić information content (AvgIpc) is 2.87. The van der Waals surface area contributed by atoms with Gasteiger partial charge in [0, 0.05) is 15.6 Å². The molecule has 3 rings (SSSR count). The molecule has 1 atom stereocenters. The van der Waals surface area contributed by atoms with Crippen LogP contribution in [0.1, 0.15) is 47.6 Å². The zero-order valence-corrected chi connectivity index (χ0v) is 10.6. The summed E-state index contributed by atoms with van der Waals surface area (Å²) in [7, 11) is 0. The van der Waals surface area contributed by atoms with Crippen molar-refractivity contribution in [2.75, 3.05) is 0 Å². The second kappa shape index (κ2) is 3.88. The van der Waals surface area contributed by atoms with Crippen LogP contribution in [0, 0.1) is 5.92 Å². The van der Waals surface area contributed by atoms with Crippen molar-refractivity contribution < 1.29 is 4.79 Å². The summed E-state index contributed by atoms with van der Waals surface area (Å²) in [6, 6.07) is 6.12. The lowest BCUT2D eigenvalue weighted by molar-refractivity contribution is 0.0946. The number of fused-ring (bicyclic) bond motifs is 1. The lowest BCUT2D eigenvalue weighted by Gasteiger charge is -2.20. The predicted octanol–water partition coefficient (Wildman–Crippen LogP) is 3.42. The van der Waals surface area contributed by atoms with E-state index in [1.54, 1.807) is 0 Å². The third-order valence-electron chi connectivity index (χ3n) is 3.77. The van der Waals surface area contributed by atoms with E-state index in [0.29, 0.717) is 5.92 Å². The molecule has 0 saturated heterocycles. The van der Waals surface area contributed by atoms with E-state index in [1.165, 1.54) is 31.2 Å². The summed E-state index contributed by atoms with van der Waals surface area (Å²) in [5.74, 6) is 0.720. The van der Waals surface area contributed by atoms with Crippen LogP contribution in [0.25, 0.3) is 0 Å². The molecule has 0 aromatic heterocycles. The van der Waals surface area contributed by atoms with E-state index in [4.69, 9.17) is 0 Å². The molecule has 0 spiro atoms. The minimum absolute atomic E-state index is 0.0909. The quantitative estimate of drug-likeness (QED) is 0.839. The van der Waals surface area contributed by atoms with E-state index >= 15 is 0 Å². The number of hydrogen-bond donors (Lipinski definition) is 1. The van der Waals surface area contributed by atoms with Crippen LogP contribution in [0.5, 0.6) is 0 Å². The zero-order valence-electron chi connectivity index (χ0n) is 9.00. The lowest BCUT2D eigenvalue weighted by Crippen LogP contribution is -2.24. The Morgan fingerprint density at radius 2 is 2.00 bits per heavy atom. The maximum absolute atomic E-state index is 11.9. The average molecular weight is 280 g/mol. The first-order chi connectivity index (χ1) is 7.77. The minimum Gasteiger partial charge on any atom is -0.345 e. The topological polar surface area (TPSA) is 29.1 Å². The van der Waals surface area contributed by atoms with Gasteiger partial charge in [-0.2, -0.15) is 0 Å². The lowest BCUT2D eigenvalue weighted by atomic mass is 9.92. The molecule has 1 unspecified atom stereocenters. The highest BCUT2D eigenvalue weighted by Gasteiger charge is 2.36. The van der Waals surface area contributed by atoms with Gasteiger partial charge in [0.15, 0.2) is 0 Å². The van der Waals surface area contributed by atoms with Gasteiger partial charge in [-0.1, -0.05) is 34.8 Å². The van der Waals surface area contributed by atoms with Crippen molar-refractivity contribution in [3.05, 3.63) is 33.8 Å². The molecule has 1 aliphatic carbocycles. The largest absolute Gasteiger partial charge is 0.345 e. The summed E-state index contributed by atoms with van der Waals surface area (Å²) in [5.41, 5.74) is 2.03. The van der Waals surface area contributed by atoms with E-state index in [-0.39, 0.29) is 11.9 Å². The number of carbonyl (C=O) groups is 1. The van der Waals surface area contributed by atoms with Gasteiger partial charge in [0.05, 0.1) is 6.04 Å². The monoisotopic (exact) mass is 279 g/mol. The van der Waals surface area contributed by atoms with Crippen LogP contribution >= 0.6 is 15.9 Å². The number of carbonyl (C=O) groups excluding carboxylic acids is 1. The second-order valence-corrected chi connectivity index (χ2v) is 5.55. The fraction of sp³-hybridized carbons (Fsp3) is 0.462. The highest BCUT2D eigenvalue weighted by molar-refractivity contribution is 9.10. The Bertz CT molecular complexity index is 438. The Morgan fingerprint density at radius 1 is 1.25 bits per heavy atom. The van der Waals surface area contributed by atoms with Gasteiger partial charge in [-0.15, -0.1) is 0 Å². The van der Waals surface area contributed by atoms with Gasteiger partial charge in [-0.3, -0.25) is 4.79 Å². The Kier molecular flexibility index (Phi) is 2.51. The van der Waals surface area contributed by atoms with Crippen molar-refractivity contribution in [1.82, 2.24) is 5.32 Å². The number of nitrogens with one attached hydrogen (secondary N) is 1. The number of rotatable bonds is 1. The molecule has 84 valence electrons. The van der Waals surface area contributed by atoms with Crippen LogP contribution in [0.2, 0.25) is 0 Å². The third kappa shape index (κ3) is 1.49. The van der Waals surface area contributed by atoms with Gasteiger partial charge in [-0.25, -0.2) is 0 Å². The van der Waals surface area contributed by atoms with Gasteiger partial charge in [0.25, 0.3) is 5.91 Å². The van der Waals surface area contributed by atoms with Gasteiger partial charge >= 0.3 is 0 Å². The molecule has 0 radical (unpaired) electrons. The summed E-state index contributed by atoms with van der Waals surface area (Å²) < 4.78 is 1.07. The molecular weight excluding hydrogens is 266 g/mol. The van der Waals surface area contributed by atoms with Crippen LogP contribution < -0.4 is 5.32 Å². The van der Waals surface area contributed by atoms with Crippen molar-refractivity contribution >= 4 is 21.8 Å². The number of hydrogen-bond acceptors (Lipinski definition) is 1. The van der Waals surface area contributed by atoms with E-state index in [2.05, 4.69) is 21.2 Å². The number of benzene rings is 1. The second-order valence-electron chi connectivity index (χ2n) is 4.70. The van der Waals surface area contributed by atoms with Gasteiger partial charge in [0.1, 0.15) is 0 Å².